The first-order chi connectivity index (χ1) is 6.63. The van der Waals surface area contributed by atoms with Crippen LogP contribution in [-0.4, -0.2) is 30.4 Å². The minimum atomic E-state index is 0.321. The Balaban J connectivity index is 2.32. The molecule has 1 saturated carbocycles. The highest BCUT2D eigenvalue weighted by atomic mass is 32.1. The highest BCUT2D eigenvalue weighted by molar-refractivity contribution is 7.80. The molecule has 2 unspecified atom stereocenters. The molecule has 0 spiro atoms. The van der Waals surface area contributed by atoms with Crippen LogP contribution in [0.25, 0.3) is 0 Å². The molecule has 0 saturated heterocycles. The van der Waals surface area contributed by atoms with Crippen LogP contribution in [0.4, 0.5) is 0 Å². The van der Waals surface area contributed by atoms with Crippen LogP contribution in [0.2, 0.25) is 0 Å². The Kier molecular flexibility index (Phi) is 4.62. The molecule has 3 nitrogen and oxygen atoms in total. The zero-order valence-corrected chi connectivity index (χ0v) is 9.99. The first-order valence-electron chi connectivity index (χ1n) is 5.23. The van der Waals surface area contributed by atoms with E-state index in [4.69, 9.17) is 17.0 Å². The van der Waals surface area contributed by atoms with Crippen molar-refractivity contribution >= 4 is 17.3 Å². The van der Waals surface area contributed by atoms with Crippen molar-refractivity contribution in [1.82, 2.24) is 10.6 Å². The van der Waals surface area contributed by atoms with Gasteiger partial charge in [-0.2, -0.15) is 0 Å². The van der Waals surface area contributed by atoms with Crippen molar-refractivity contribution in [2.75, 3.05) is 7.11 Å². The fourth-order valence-corrected chi connectivity index (χ4v) is 2.23. The molecule has 1 aliphatic rings. The number of thiocarbonyl (C=S) groups is 1. The minimum Gasteiger partial charge on any atom is -0.379 e. The summed E-state index contributed by atoms with van der Waals surface area (Å²) in [6.07, 6.45) is 3.83. The van der Waals surface area contributed by atoms with Crippen LogP contribution in [0.5, 0.6) is 0 Å². The van der Waals surface area contributed by atoms with Crippen molar-refractivity contribution in [3.63, 3.8) is 0 Å². The molecule has 1 fully saturated rings. The predicted molar refractivity (Wildman–Crippen MR) is 62.4 cm³/mol. The Bertz CT molecular complexity index is 197. The molecule has 0 radical (unpaired) electrons. The van der Waals surface area contributed by atoms with E-state index in [1.54, 1.807) is 7.11 Å². The second-order valence-electron chi connectivity index (χ2n) is 4.08. The van der Waals surface area contributed by atoms with Crippen LogP contribution < -0.4 is 10.6 Å². The molecule has 14 heavy (non-hydrogen) atoms. The van der Waals surface area contributed by atoms with Crippen molar-refractivity contribution < 1.29 is 4.74 Å². The summed E-state index contributed by atoms with van der Waals surface area (Å²) in [5.74, 6) is 0. The SMILES string of the molecule is COC1CCCC1NC(=S)NC(C)C. The number of hydrogen-bond donors (Lipinski definition) is 2. The van der Waals surface area contributed by atoms with Gasteiger partial charge in [-0.3, -0.25) is 0 Å². The van der Waals surface area contributed by atoms with Gasteiger partial charge in [0.05, 0.1) is 12.1 Å². The summed E-state index contributed by atoms with van der Waals surface area (Å²) >= 11 is 5.19. The molecular weight excluding hydrogens is 196 g/mol. The van der Waals surface area contributed by atoms with E-state index < -0.39 is 0 Å². The monoisotopic (exact) mass is 216 g/mol. The maximum atomic E-state index is 5.38. The third-order valence-corrected chi connectivity index (χ3v) is 2.73. The van der Waals surface area contributed by atoms with E-state index in [2.05, 4.69) is 24.5 Å². The van der Waals surface area contributed by atoms with E-state index in [1.807, 2.05) is 0 Å². The van der Waals surface area contributed by atoms with Gasteiger partial charge in [0.2, 0.25) is 0 Å². The number of hydrogen-bond acceptors (Lipinski definition) is 2. The molecule has 2 N–H and O–H groups in total. The summed E-state index contributed by atoms with van der Waals surface area (Å²) in [7, 11) is 1.77. The third kappa shape index (κ3) is 3.42. The normalized spacial score (nSPS) is 26.6. The van der Waals surface area contributed by atoms with Gasteiger partial charge in [-0.1, -0.05) is 0 Å². The molecule has 2 atom stereocenters. The Morgan fingerprint density at radius 3 is 2.71 bits per heavy atom. The van der Waals surface area contributed by atoms with Crippen LogP contribution in [0.15, 0.2) is 0 Å². The highest BCUT2D eigenvalue weighted by Crippen LogP contribution is 2.21. The van der Waals surface area contributed by atoms with Gasteiger partial charge in [-0.15, -0.1) is 0 Å². The number of ether oxygens (including phenoxy) is 1. The van der Waals surface area contributed by atoms with E-state index >= 15 is 0 Å². The van der Waals surface area contributed by atoms with Crippen molar-refractivity contribution in [3.8, 4) is 0 Å². The minimum absolute atomic E-state index is 0.321. The van der Waals surface area contributed by atoms with E-state index in [0.717, 1.165) is 18.0 Å². The van der Waals surface area contributed by atoms with Gasteiger partial charge in [0.25, 0.3) is 0 Å². The zero-order valence-electron chi connectivity index (χ0n) is 9.17. The molecule has 82 valence electrons. The number of rotatable bonds is 3. The van der Waals surface area contributed by atoms with Gasteiger partial charge in [-0.25, -0.2) is 0 Å². The lowest BCUT2D eigenvalue weighted by Crippen LogP contribution is -2.47. The molecule has 1 aliphatic carbocycles. The van der Waals surface area contributed by atoms with E-state index in [1.165, 1.54) is 6.42 Å². The summed E-state index contributed by atoms with van der Waals surface area (Å²) in [5.41, 5.74) is 0. The zero-order chi connectivity index (χ0) is 10.6. The molecule has 0 aliphatic heterocycles. The summed E-state index contributed by atoms with van der Waals surface area (Å²) in [6, 6.07) is 0.774. The second kappa shape index (κ2) is 5.51. The van der Waals surface area contributed by atoms with Crippen molar-refractivity contribution in [2.45, 2.75) is 51.3 Å². The van der Waals surface area contributed by atoms with Gasteiger partial charge in [0.15, 0.2) is 5.11 Å². The molecule has 0 heterocycles. The molecule has 0 aromatic heterocycles. The fourth-order valence-electron chi connectivity index (χ4n) is 1.85. The van der Waals surface area contributed by atoms with Crippen molar-refractivity contribution in [3.05, 3.63) is 0 Å². The van der Waals surface area contributed by atoms with Crippen LogP contribution in [-0.2, 0) is 4.74 Å². The summed E-state index contributed by atoms with van der Waals surface area (Å²) in [6.45, 7) is 4.16. The lowest BCUT2D eigenvalue weighted by Gasteiger charge is -2.22. The van der Waals surface area contributed by atoms with E-state index in [9.17, 15) is 0 Å². The van der Waals surface area contributed by atoms with Crippen LogP contribution in [0.3, 0.4) is 0 Å². The van der Waals surface area contributed by atoms with Crippen LogP contribution in [0, 0.1) is 0 Å². The average Bonchev–Trinajstić information content (AvgIpc) is 2.50. The van der Waals surface area contributed by atoms with Crippen LogP contribution >= 0.6 is 12.2 Å². The topological polar surface area (TPSA) is 33.3 Å². The second-order valence-corrected chi connectivity index (χ2v) is 4.49. The standard InChI is InChI=1S/C10H20N2OS/c1-7(2)11-10(14)12-8-5-4-6-9(8)13-3/h7-9H,4-6H2,1-3H3,(H2,11,12,14). The predicted octanol–water partition coefficient (Wildman–Crippen LogP) is 1.43. The third-order valence-electron chi connectivity index (χ3n) is 2.49. The summed E-state index contributed by atoms with van der Waals surface area (Å²) < 4.78 is 5.38. The van der Waals surface area contributed by atoms with E-state index in [-0.39, 0.29) is 0 Å². The molecule has 0 aromatic carbocycles. The molecular formula is C10H20N2OS. The lowest BCUT2D eigenvalue weighted by molar-refractivity contribution is 0.0906. The lowest BCUT2D eigenvalue weighted by atomic mass is 10.2. The Morgan fingerprint density at radius 2 is 2.14 bits per heavy atom. The van der Waals surface area contributed by atoms with Gasteiger partial charge in [-0.05, 0) is 45.3 Å². The maximum absolute atomic E-state index is 5.38. The Hall–Kier alpha value is -0.350. The first-order valence-corrected chi connectivity index (χ1v) is 5.64. The first kappa shape index (κ1) is 11.7. The summed E-state index contributed by atoms with van der Waals surface area (Å²) in [4.78, 5) is 0. The Morgan fingerprint density at radius 1 is 1.43 bits per heavy atom. The van der Waals surface area contributed by atoms with Gasteiger partial charge in [0, 0.05) is 13.2 Å². The maximum Gasteiger partial charge on any atom is 0.166 e. The Labute approximate surface area is 91.6 Å². The van der Waals surface area contributed by atoms with Crippen LogP contribution in [0.1, 0.15) is 33.1 Å². The molecule has 0 aromatic rings. The van der Waals surface area contributed by atoms with Gasteiger partial charge in [0.1, 0.15) is 0 Å². The quantitative estimate of drug-likeness (QED) is 0.699. The van der Waals surface area contributed by atoms with Crippen molar-refractivity contribution in [1.29, 1.82) is 0 Å². The van der Waals surface area contributed by atoms with Gasteiger partial charge >= 0.3 is 0 Å². The van der Waals surface area contributed by atoms with Crippen molar-refractivity contribution in [2.24, 2.45) is 0 Å². The number of nitrogens with one attached hydrogen (secondary N) is 2. The number of methoxy groups -OCH3 is 1. The van der Waals surface area contributed by atoms with E-state index in [0.29, 0.717) is 18.2 Å². The van der Waals surface area contributed by atoms with Gasteiger partial charge < -0.3 is 15.4 Å². The summed E-state index contributed by atoms with van der Waals surface area (Å²) in [5, 5.41) is 7.23. The smallest absolute Gasteiger partial charge is 0.166 e. The average molecular weight is 216 g/mol. The largest absolute Gasteiger partial charge is 0.379 e. The molecule has 4 heteroatoms. The molecule has 0 bridgehead atoms. The highest BCUT2D eigenvalue weighted by Gasteiger charge is 2.27. The molecule has 0 amide bonds. The fraction of sp³-hybridized carbons (Fsp3) is 0.900. The molecule has 1 rings (SSSR count).